The van der Waals surface area contributed by atoms with Crippen molar-refractivity contribution in [3.8, 4) is 0 Å². The second kappa shape index (κ2) is 11.4. The first-order valence-corrected chi connectivity index (χ1v) is 11.4. The Morgan fingerprint density at radius 3 is 2.32 bits per heavy atom. The molecule has 2 rings (SSSR count). The van der Waals surface area contributed by atoms with E-state index >= 15 is 0 Å². The third-order valence-corrected chi connectivity index (χ3v) is 6.05. The number of rotatable bonds is 9. The van der Waals surface area contributed by atoms with Crippen molar-refractivity contribution in [1.29, 1.82) is 0 Å². The Hall–Kier alpha value is -1.54. The molecular formula is C22H34ClF3N4O. The summed E-state index contributed by atoms with van der Waals surface area (Å²) >= 11 is 6.09. The zero-order chi connectivity index (χ0) is 23.2. The molecule has 0 bridgehead atoms. The van der Waals surface area contributed by atoms with Crippen molar-refractivity contribution in [2.75, 3.05) is 50.7 Å². The number of alkyl halides is 3. The number of nitrogens with zero attached hydrogens (tertiary/aromatic N) is 4. The van der Waals surface area contributed by atoms with Crippen molar-refractivity contribution in [2.24, 2.45) is 11.8 Å². The van der Waals surface area contributed by atoms with Crippen LogP contribution in [0.1, 0.15) is 46.1 Å². The van der Waals surface area contributed by atoms with Gasteiger partial charge in [0.15, 0.2) is 0 Å². The van der Waals surface area contributed by atoms with Crippen molar-refractivity contribution >= 4 is 23.3 Å². The Balaban J connectivity index is 2.00. The van der Waals surface area contributed by atoms with E-state index in [4.69, 9.17) is 11.6 Å². The topological polar surface area (TPSA) is 39.7 Å². The van der Waals surface area contributed by atoms with Gasteiger partial charge in [0.25, 0.3) is 0 Å². The van der Waals surface area contributed by atoms with Crippen LogP contribution in [0.25, 0.3) is 0 Å². The van der Waals surface area contributed by atoms with Gasteiger partial charge in [-0.1, -0.05) is 39.3 Å². The van der Waals surface area contributed by atoms with E-state index in [1.54, 1.807) is 0 Å². The quantitative estimate of drug-likeness (QED) is 0.528. The van der Waals surface area contributed by atoms with Gasteiger partial charge in [0.05, 0.1) is 10.6 Å². The predicted molar refractivity (Wildman–Crippen MR) is 118 cm³/mol. The van der Waals surface area contributed by atoms with E-state index in [2.05, 4.69) is 37.6 Å². The summed E-state index contributed by atoms with van der Waals surface area (Å²) in [6.45, 7) is 13.8. The molecule has 1 aliphatic rings. The highest BCUT2D eigenvalue weighted by molar-refractivity contribution is 6.33. The molecule has 9 heteroatoms. The average molecular weight is 463 g/mol. The summed E-state index contributed by atoms with van der Waals surface area (Å²) in [5.74, 6) is 0.823. The second-order valence-electron chi connectivity index (χ2n) is 8.49. The van der Waals surface area contributed by atoms with Gasteiger partial charge in [-0.2, -0.15) is 13.2 Å². The Morgan fingerprint density at radius 2 is 1.84 bits per heavy atom. The van der Waals surface area contributed by atoms with Crippen LogP contribution in [0, 0.1) is 11.8 Å². The fourth-order valence-electron chi connectivity index (χ4n) is 3.95. The third kappa shape index (κ3) is 7.24. The number of anilines is 1. The van der Waals surface area contributed by atoms with E-state index in [-0.39, 0.29) is 16.8 Å². The minimum absolute atomic E-state index is 0.0136. The molecule has 1 saturated heterocycles. The first-order chi connectivity index (χ1) is 14.6. The summed E-state index contributed by atoms with van der Waals surface area (Å²) in [6, 6.07) is 0.915. The zero-order valence-corrected chi connectivity index (χ0v) is 19.6. The maximum absolute atomic E-state index is 13.2. The molecule has 0 aliphatic carbocycles. The van der Waals surface area contributed by atoms with Crippen molar-refractivity contribution in [3.63, 3.8) is 0 Å². The number of carbonyl (C=O) groups is 1. The fraction of sp³-hybridized carbons (Fsp3) is 0.727. The summed E-state index contributed by atoms with van der Waals surface area (Å²) in [5.41, 5.74) is -0.858. The molecule has 1 fully saturated rings. The Bertz CT molecular complexity index is 717. The van der Waals surface area contributed by atoms with Gasteiger partial charge in [-0.25, -0.2) is 4.98 Å². The van der Waals surface area contributed by atoms with E-state index in [0.29, 0.717) is 44.2 Å². The van der Waals surface area contributed by atoms with Crippen molar-refractivity contribution in [1.82, 2.24) is 14.8 Å². The lowest BCUT2D eigenvalue weighted by atomic mass is 9.94. The minimum Gasteiger partial charge on any atom is -0.355 e. The van der Waals surface area contributed by atoms with Crippen LogP contribution in [0.15, 0.2) is 12.3 Å². The van der Waals surface area contributed by atoms with Gasteiger partial charge >= 0.3 is 6.18 Å². The van der Waals surface area contributed by atoms with Crippen molar-refractivity contribution in [3.05, 3.63) is 22.8 Å². The Labute approximate surface area is 188 Å². The molecule has 0 atom stereocenters. The van der Waals surface area contributed by atoms with E-state index in [1.807, 2.05) is 9.80 Å². The Morgan fingerprint density at radius 1 is 1.23 bits per heavy atom. The molecule has 0 saturated carbocycles. The van der Waals surface area contributed by atoms with Gasteiger partial charge in [0.1, 0.15) is 5.82 Å². The molecule has 1 aromatic heterocycles. The van der Waals surface area contributed by atoms with Crippen LogP contribution in [0.3, 0.4) is 0 Å². The van der Waals surface area contributed by atoms with Crippen molar-refractivity contribution < 1.29 is 18.0 Å². The molecule has 0 spiro atoms. The standard InChI is InChI=1S/C22H34ClF3N4O/c1-5-28(6-2)11-12-30(15-16(3)4)21(31)17-7-9-29(10-8-17)20-19(23)13-18(14-27-20)22(24,25)26/h13-14,16-17H,5-12,15H2,1-4H3. The Kier molecular flexibility index (Phi) is 9.43. The summed E-state index contributed by atoms with van der Waals surface area (Å²) in [7, 11) is 0. The molecule has 2 heterocycles. The van der Waals surface area contributed by atoms with Crippen LogP contribution >= 0.6 is 11.6 Å². The van der Waals surface area contributed by atoms with Crippen molar-refractivity contribution in [2.45, 2.75) is 46.7 Å². The molecule has 0 aromatic carbocycles. The molecule has 1 aliphatic heterocycles. The highest BCUT2D eigenvalue weighted by atomic mass is 35.5. The highest BCUT2D eigenvalue weighted by Gasteiger charge is 2.33. The van der Waals surface area contributed by atoms with Crippen LogP contribution < -0.4 is 4.90 Å². The zero-order valence-electron chi connectivity index (χ0n) is 18.9. The summed E-state index contributed by atoms with van der Waals surface area (Å²) in [6.07, 6.45) is -2.38. The van der Waals surface area contributed by atoms with E-state index in [1.165, 1.54) is 0 Å². The number of amides is 1. The molecule has 0 radical (unpaired) electrons. The molecule has 0 unspecified atom stereocenters. The first kappa shape index (κ1) is 25.7. The normalized spacial score (nSPS) is 15.7. The number of hydrogen-bond acceptors (Lipinski definition) is 4. The maximum Gasteiger partial charge on any atom is 0.417 e. The monoisotopic (exact) mass is 462 g/mol. The fourth-order valence-corrected chi connectivity index (χ4v) is 4.23. The van der Waals surface area contributed by atoms with Gasteiger partial charge in [0.2, 0.25) is 5.91 Å². The van der Waals surface area contributed by atoms with Crippen LogP contribution in [-0.2, 0) is 11.0 Å². The molecule has 31 heavy (non-hydrogen) atoms. The summed E-state index contributed by atoms with van der Waals surface area (Å²) in [4.78, 5) is 23.3. The smallest absolute Gasteiger partial charge is 0.355 e. The van der Waals surface area contributed by atoms with Gasteiger partial charge < -0.3 is 14.7 Å². The lowest BCUT2D eigenvalue weighted by molar-refractivity contribution is -0.138. The first-order valence-electron chi connectivity index (χ1n) is 11.1. The van der Waals surface area contributed by atoms with Crippen LogP contribution in [-0.4, -0.2) is 66.5 Å². The molecule has 5 nitrogen and oxygen atoms in total. The lowest BCUT2D eigenvalue weighted by Crippen LogP contribution is -2.46. The van der Waals surface area contributed by atoms with Gasteiger partial charge in [0, 0.05) is 44.8 Å². The number of aromatic nitrogens is 1. The largest absolute Gasteiger partial charge is 0.417 e. The number of pyridine rings is 1. The summed E-state index contributed by atoms with van der Waals surface area (Å²) < 4.78 is 38.5. The maximum atomic E-state index is 13.2. The number of likely N-dealkylation sites (N-methyl/N-ethyl adjacent to an activating group) is 1. The lowest BCUT2D eigenvalue weighted by Gasteiger charge is -2.36. The average Bonchev–Trinajstić information content (AvgIpc) is 2.72. The molecule has 1 amide bonds. The van der Waals surface area contributed by atoms with E-state index < -0.39 is 11.7 Å². The van der Waals surface area contributed by atoms with Gasteiger partial charge in [-0.3, -0.25) is 4.79 Å². The molecule has 1 aromatic rings. The highest BCUT2D eigenvalue weighted by Crippen LogP contribution is 2.34. The molecular weight excluding hydrogens is 429 g/mol. The third-order valence-electron chi connectivity index (χ3n) is 5.77. The van der Waals surface area contributed by atoms with Gasteiger partial charge in [-0.05, 0) is 37.9 Å². The number of piperidine rings is 1. The summed E-state index contributed by atoms with van der Waals surface area (Å²) in [5, 5.41) is -0.0136. The van der Waals surface area contributed by atoms with Gasteiger partial charge in [-0.15, -0.1) is 0 Å². The molecule has 176 valence electrons. The SMILES string of the molecule is CCN(CC)CCN(CC(C)C)C(=O)C1CCN(c2ncc(C(F)(F)F)cc2Cl)CC1. The minimum atomic E-state index is -4.47. The molecule has 0 N–H and O–H groups in total. The van der Waals surface area contributed by atoms with E-state index in [0.717, 1.165) is 38.4 Å². The second-order valence-corrected chi connectivity index (χ2v) is 8.90. The van der Waals surface area contributed by atoms with E-state index in [9.17, 15) is 18.0 Å². The number of carbonyl (C=O) groups excluding carboxylic acids is 1. The van der Waals surface area contributed by atoms with Crippen LogP contribution in [0.5, 0.6) is 0 Å². The van der Waals surface area contributed by atoms with Crippen LogP contribution in [0.2, 0.25) is 5.02 Å². The predicted octanol–water partition coefficient (Wildman–Crippen LogP) is 4.80. The number of hydrogen-bond donors (Lipinski definition) is 0. The number of halogens is 4. The van der Waals surface area contributed by atoms with Crippen LogP contribution in [0.4, 0.5) is 19.0 Å².